The fourth-order valence-corrected chi connectivity index (χ4v) is 2.79. The van der Waals surface area contributed by atoms with Crippen LogP contribution in [0, 0.1) is 0 Å². The molecule has 0 atom stereocenters. The summed E-state index contributed by atoms with van der Waals surface area (Å²) in [6, 6.07) is 0. The van der Waals surface area contributed by atoms with Gasteiger partial charge < -0.3 is 4.18 Å². The Kier molecular flexibility index (Phi) is 4.21. The molecule has 1 aromatic heterocycles. The van der Waals surface area contributed by atoms with Crippen LogP contribution in [0.3, 0.4) is 0 Å². The van der Waals surface area contributed by atoms with Crippen LogP contribution in [-0.4, -0.2) is 25.4 Å². The highest BCUT2D eigenvalue weighted by Crippen LogP contribution is 2.26. The van der Waals surface area contributed by atoms with Gasteiger partial charge in [0, 0.05) is 5.75 Å². The van der Waals surface area contributed by atoms with E-state index < -0.39 is 10.1 Å². The van der Waals surface area contributed by atoms with Crippen molar-refractivity contribution in [1.29, 1.82) is 0 Å². The summed E-state index contributed by atoms with van der Waals surface area (Å²) in [5, 5.41) is 1.60. The Morgan fingerprint density at radius 2 is 2.36 bits per heavy atom. The first kappa shape index (κ1) is 11.8. The van der Waals surface area contributed by atoms with Crippen LogP contribution in [0.5, 0.6) is 5.88 Å². The summed E-state index contributed by atoms with van der Waals surface area (Å²) in [5.41, 5.74) is 0. The largest absolute Gasteiger partial charge is 0.361 e. The molecule has 0 bridgehead atoms. The summed E-state index contributed by atoms with van der Waals surface area (Å²) in [6.07, 6.45) is 2.07. The Labute approximate surface area is 91.8 Å². The maximum absolute atomic E-state index is 10.8. The first-order chi connectivity index (χ1) is 6.51. The summed E-state index contributed by atoms with van der Waals surface area (Å²) in [4.78, 5) is 4.01. The van der Waals surface area contributed by atoms with Gasteiger partial charge in [0.25, 0.3) is 0 Å². The van der Waals surface area contributed by atoms with Gasteiger partial charge in [-0.2, -0.15) is 13.4 Å². The number of nitrogens with zero attached hydrogens (tertiary/aromatic N) is 1. The van der Waals surface area contributed by atoms with E-state index >= 15 is 0 Å². The van der Waals surface area contributed by atoms with E-state index in [1.54, 1.807) is 17.1 Å². The highest BCUT2D eigenvalue weighted by Gasteiger charge is 2.08. The molecular weight excluding hydrogens is 242 g/mol. The Hall–Kier alpha value is -0.270. The molecule has 0 amide bonds. The Morgan fingerprint density at radius 3 is 2.93 bits per heavy atom. The van der Waals surface area contributed by atoms with Gasteiger partial charge >= 0.3 is 10.1 Å². The van der Waals surface area contributed by atoms with Crippen LogP contribution in [0.2, 0.25) is 0 Å². The van der Waals surface area contributed by atoms with Gasteiger partial charge in [-0.05, 0) is 6.42 Å². The van der Waals surface area contributed by atoms with Crippen molar-refractivity contribution in [3.8, 4) is 5.88 Å². The Balaban J connectivity index is 2.59. The van der Waals surface area contributed by atoms with Gasteiger partial charge in [-0.1, -0.05) is 18.7 Å². The predicted molar refractivity (Wildman–Crippen MR) is 58.6 cm³/mol. The molecule has 0 aliphatic carbocycles. The Morgan fingerprint density at radius 1 is 1.64 bits per heavy atom. The van der Waals surface area contributed by atoms with E-state index in [2.05, 4.69) is 16.1 Å². The summed E-state index contributed by atoms with van der Waals surface area (Å²) >= 11 is 2.99. The van der Waals surface area contributed by atoms with Gasteiger partial charge in [-0.3, -0.25) is 0 Å². The van der Waals surface area contributed by atoms with Gasteiger partial charge in [-0.25, -0.2) is 0 Å². The van der Waals surface area contributed by atoms with E-state index in [-0.39, 0.29) is 5.88 Å². The first-order valence-electron chi connectivity index (χ1n) is 3.99. The second kappa shape index (κ2) is 4.99. The van der Waals surface area contributed by atoms with Crippen molar-refractivity contribution in [3.05, 3.63) is 5.38 Å². The summed E-state index contributed by atoms with van der Waals surface area (Å²) in [7, 11) is -3.45. The molecule has 0 radical (unpaired) electrons. The SMILES string of the molecule is CCCSc1nc(OS(C)(=O)=O)cs1. The lowest BCUT2D eigenvalue weighted by atomic mass is 10.6. The average molecular weight is 253 g/mol. The van der Waals surface area contributed by atoms with Crippen LogP contribution >= 0.6 is 23.1 Å². The topological polar surface area (TPSA) is 56.3 Å². The van der Waals surface area contributed by atoms with Crippen molar-refractivity contribution in [2.45, 2.75) is 17.7 Å². The van der Waals surface area contributed by atoms with Crippen LogP contribution in [0.1, 0.15) is 13.3 Å². The lowest BCUT2D eigenvalue weighted by molar-refractivity contribution is 0.483. The molecule has 0 spiro atoms. The normalized spacial score (nSPS) is 11.6. The van der Waals surface area contributed by atoms with Crippen LogP contribution in [0.15, 0.2) is 9.72 Å². The van der Waals surface area contributed by atoms with Crippen molar-refractivity contribution in [3.63, 3.8) is 0 Å². The molecule has 0 unspecified atom stereocenters. The monoisotopic (exact) mass is 253 g/mol. The summed E-state index contributed by atoms with van der Waals surface area (Å²) in [6.45, 7) is 2.08. The molecule has 0 aliphatic heterocycles. The number of hydrogen-bond donors (Lipinski definition) is 0. The maximum Gasteiger partial charge on any atom is 0.307 e. The van der Waals surface area contributed by atoms with Crippen molar-refractivity contribution in [2.75, 3.05) is 12.0 Å². The molecule has 0 aromatic carbocycles. The third-order valence-electron chi connectivity index (χ3n) is 1.13. The van der Waals surface area contributed by atoms with Crippen LogP contribution in [0.4, 0.5) is 0 Å². The van der Waals surface area contributed by atoms with E-state index in [9.17, 15) is 8.42 Å². The van der Waals surface area contributed by atoms with Crippen molar-refractivity contribution in [1.82, 2.24) is 4.98 Å². The number of aromatic nitrogens is 1. The molecule has 7 heteroatoms. The highest BCUT2D eigenvalue weighted by atomic mass is 32.2. The molecule has 14 heavy (non-hydrogen) atoms. The lowest BCUT2D eigenvalue weighted by Crippen LogP contribution is -2.05. The molecule has 0 saturated heterocycles. The minimum absolute atomic E-state index is 0.163. The van der Waals surface area contributed by atoms with Gasteiger partial charge in [0.2, 0.25) is 5.88 Å². The van der Waals surface area contributed by atoms with E-state index in [0.29, 0.717) is 0 Å². The average Bonchev–Trinajstić information content (AvgIpc) is 2.46. The summed E-state index contributed by atoms with van der Waals surface area (Å²) < 4.78 is 27.0. The molecule has 0 fully saturated rings. The molecule has 4 nitrogen and oxygen atoms in total. The molecule has 1 rings (SSSR count). The van der Waals surface area contributed by atoms with Crippen molar-refractivity contribution in [2.24, 2.45) is 0 Å². The number of thioether (sulfide) groups is 1. The Bertz CT molecular complexity index is 385. The standard InChI is InChI=1S/C7H11NO3S3/c1-3-4-12-7-8-6(5-13-7)11-14(2,9)10/h5H,3-4H2,1-2H3. The van der Waals surface area contributed by atoms with E-state index in [4.69, 9.17) is 0 Å². The number of rotatable bonds is 5. The second-order valence-corrected chi connectivity index (χ2v) is 6.36. The smallest absolute Gasteiger partial charge is 0.307 e. The van der Waals surface area contributed by atoms with E-state index in [1.807, 2.05) is 0 Å². The molecule has 1 heterocycles. The zero-order valence-electron chi connectivity index (χ0n) is 7.89. The molecule has 1 aromatic rings. The fourth-order valence-electron chi connectivity index (χ4n) is 0.693. The third kappa shape index (κ3) is 4.30. The minimum Gasteiger partial charge on any atom is -0.361 e. The molecule has 80 valence electrons. The number of hydrogen-bond acceptors (Lipinski definition) is 6. The predicted octanol–water partition coefficient (Wildman–Crippen LogP) is 1.98. The third-order valence-corrected chi connectivity index (χ3v) is 3.81. The van der Waals surface area contributed by atoms with Gasteiger partial charge in [-0.15, -0.1) is 11.3 Å². The van der Waals surface area contributed by atoms with Gasteiger partial charge in [0.15, 0.2) is 4.34 Å². The second-order valence-electron chi connectivity index (χ2n) is 2.59. The van der Waals surface area contributed by atoms with Gasteiger partial charge in [0.05, 0.1) is 11.6 Å². The first-order valence-corrected chi connectivity index (χ1v) is 7.67. The summed E-state index contributed by atoms with van der Waals surface area (Å²) in [5.74, 6) is 1.14. The van der Waals surface area contributed by atoms with Crippen molar-refractivity contribution < 1.29 is 12.6 Å². The van der Waals surface area contributed by atoms with Gasteiger partial charge in [0.1, 0.15) is 0 Å². The fraction of sp³-hybridized carbons (Fsp3) is 0.571. The maximum atomic E-state index is 10.8. The van der Waals surface area contributed by atoms with Crippen LogP contribution in [-0.2, 0) is 10.1 Å². The highest BCUT2D eigenvalue weighted by molar-refractivity contribution is 8.01. The zero-order chi connectivity index (χ0) is 10.6. The lowest BCUT2D eigenvalue weighted by Gasteiger charge is -1.96. The molecule has 0 aliphatic rings. The number of thiazole rings is 1. The van der Waals surface area contributed by atoms with E-state index in [1.165, 1.54) is 11.3 Å². The molecule has 0 saturated carbocycles. The quantitative estimate of drug-likeness (QED) is 0.593. The van der Waals surface area contributed by atoms with Crippen LogP contribution < -0.4 is 4.18 Å². The minimum atomic E-state index is -3.45. The van der Waals surface area contributed by atoms with Crippen molar-refractivity contribution >= 4 is 33.2 Å². The van der Waals surface area contributed by atoms with Crippen LogP contribution in [0.25, 0.3) is 0 Å². The molecule has 0 N–H and O–H groups in total. The van der Waals surface area contributed by atoms with E-state index in [0.717, 1.165) is 22.8 Å². The zero-order valence-corrected chi connectivity index (χ0v) is 10.3. The molecular formula is C7H11NO3S3.